The molecular weight excluding hydrogens is 1080 g/mol. The van der Waals surface area contributed by atoms with Gasteiger partial charge in [0.15, 0.2) is 23.1 Å². The molecule has 0 bridgehead atoms. The zero-order valence-electron chi connectivity index (χ0n) is 42.5. The maximum absolute atomic E-state index is 13.7. The lowest BCUT2D eigenvalue weighted by molar-refractivity contribution is -0.123. The second kappa shape index (κ2) is 28.4. The zero-order valence-corrected chi connectivity index (χ0v) is 44.0. The van der Waals surface area contributed by atoms with Gasteiger partial charge in [-0.2, -0.15) is 0 Å². The normalized spacial score (nSPS) is 14.3. The highest BCUT2D eigenvalue weighted by Gasteiger charge is 2.37. The van der Waals surface area contributed by atoms with Crippen LogP contribution in [0.5, 0.6) is 11.5 Å². The number of anilines is 2. The molecule has 3 amide bonds. The number of halogens is 2. The number of fused-ring (bicyclic) bond motifs is 2. The number of ketones is 2. The van der Waals surface area contributed by atoms with E-state index in [1.54, 1.807) is 114 Å². The van der Waals surface area contributed by atoms with Crippen LogP contribution in [0.15, 0.2) is 159 Å². The number of carbonyl (C=O) groups excluding carboxylic acids is 5. The van der Waals surface area contributed by atoms with Crippen LogP contribution in [0.1, 0.15) is 89.9 Å². The molecule has 0 aliphatic carbocycles. The van der Waals surface area contributed by atoms with Crippen molar-refractivity contribution < 1.29 is 43.3 Å². The molecule has 2 atom stereocenters. The van der Waals surface area contributed by atoms with E-state index in [0.717, 1.165) is 11.1 Å². The number of amides is 3. The number of nitrogens with zero attached hydrogens (tertiary/aromatic N) is 8. The van der Waals surface area contributed by atoms with Crippen LogP contribution in [0.3, 0.4) is 0 Å². The molecule has 4 aromatic heterocycles. The Kier molecular flexibility index (Phi) is 21.3. The van der Waals surface area contributed by atoms with Crippen molar-refractivity contribution in [2.45, 2.75) is 65.7 Å². The van der Waals surface area contributed by atoms with Crippen molar-refractivity contribution in [2.24, 2.45) is 0 Å². The topological polar surface area (TPSA) is 263 Å². The third kappa shape index (κ3) is 15.9. The number of carboxylic acid groups (broad SMARTS) is 1. The Morgan fingerprint density at radius 1 is 0.593 bits per heavy atom. The quantitative estimate of drug-likeness (QED) is 0.0971. The van der Waals surface area contributed by atoms with Gasteiger partial charge in [0.1, 0.15) is 0 Å². The van der Waals surface area contributed by atoms with Crippen molar-refractivity contribution in [1.29, 1.82) is 0 Å². The predicted octanol–water partition coefficient (Wildman–Crippen LogP) is 9.32. The number of carbonyl (C=O) groups is 6. The highest BCUT2D eigenvalue weighted by atomic mass is 35.5. The molecule has 0 spiro atoms. The lowest BCUT2D eigenvalue weighted by Crippen LogP contribution is -2.44. The van der Waals surface area contributed by atoms with E-state index in [9.17, 15) is 28.8 Å². The highest BCUT2D eigenvalue weighted by Crippen LogP contribution is 2.29. The number of ether oxygens (including phenoxy) is 2. The van der Waals surface area contributed by atoms with Gasteiger partial charge in [0, 0.05) is 89.3 Å². The highest BCUT2D eigenvalue weighted by molar-refractivity contribution is 6.31. The predicted molar refractivity (Wildman–Crippen MR) is 306 cm³/mol. The molecule has 0 radical (unpaired) electrons. The largest absolute Gasteiger partial charge is 0.494 e. The maximum atomic E-state index is 13.7. The Morgan fingerprint density at radius 3 is 1.41 bits per heavy atom. The van der Waals surface area contributed by atoms with Crippen molar-refractivity contribution in [3.05, 3.63) is 224 Å². The van der Waals surface area contributed by atoms with Crippen molar-refractivity contribution in [3.63, 3.8) is 0 Å². The van der Waals surface area contributed by atoms with Gasteiger partial charge in [-0.05, 0) is 107 Å². The lowest BCUT2D eigenvalue weighted by Gasteiger charge is -2.29. The zero-order chi connectivity index (χ0) is 56.0. The molecule has 4 N–H and O–H groups in total. The fourth-order valence-corrected chi connectivity index (χ4v) is 9.02. The summed E-state index contributed by atoms with van der Waals surface area (Å²) in [5.41, 5.74) is 10.8. The van der Waals surface area contributed by atoms with E-state index in [1.165, 1.54) is 44.0 Å². The monoisotopic (exact) mass is 1130 g/mol. The molecule has 8 aromatic rings. The van der Waals surface area contributed by atoms with Crippen LogP contribution >= 0.6 is 23.2 Å². The molecule has 19 nitrogen and oxygen atoms in total. The number of nitrogens with one attached hydrogen (secondary N) is 1. The fourth-order valence-electron chi connectivity index (χ4n) is 8.63. The summed E-state index contributed by atoms with van der Waals surface area (Å²) in [5, 5.41) is 12.7. The van der Waals surface area contributed by atoms with Gasteiger partial charge in [-0.25, -0.2) is 24.7 Å². The SMILES string of the molecule is C.C.COc1cnc(N)nc1.COc1cnc(NC(=O)c2ccc(CN3C(=O)c4ccc(Cl)cc4CC(=O)[C@H]3Cc3ccccn3)cc2)nc1.O=C(O)c1ccc(CN2C(=O)c3ccc(Cl)cc3CC(=O)[C@H]2Cc2ccccn2)cc1. The molecule has 0 fully saturated rings. The van der Waals surface area contributed by atoms with Crippen LogP contribution in [0, 0.1) is 0 Å². The molecule has 81 heavy (non-hydrogen) atoms. The Morgan fingerprint density at radius 2 is 1.01 bits per heavy atom. The van der Waals surface area contributed by atoms with Gasteiger partial charge in [0.25, 0.3) is 17.7 Å². The summed E-state index contributed by atoms with van der Waals surface area (Å²) in [6.45, 7) is 0.345. The van der Waals surface area contributed by atoms with Crippen LogP contribution in [0.2, 0.25) is 10.0 Å². The number of pyridine rings is 2. The van der Waals surface area contributed by atoms with Crippen LogP contribution in [-0.2, 0) is 48.4 Å². The molecule has 416 valence electrons. The molecule has 4 aromatic carbocycles. The first-order valence-electron chi connectivity index (χ1n) is 24.4. The summed E-state index contributed by atoms with van der Waals surface area (Å²) in [6.07, 6.45) is 10.0. The summed E-state index contributed by atoms with van der Waals surface area (Å²) in [4.78, 5) is 105. The van der Waals surface area contributed by atoms with Gasteiger partial charge in [-0.1, -0.05) is 74.5 Å². The Labute approximate surface area is 478 Å². The maximum Gasteiger partial charge on any atom is 0.335 e. The number of Topliss-reactive ketones (excluding diaryl/α,β-unsaturated/α-hetero) is 2. The number of nitrogen functional groups attached to an aromatic ring is 1. The van der Waals surface area contributed by atoms with Gasteiger partial charge in [-0.15, -0.1) is 0 Å². The number of benzene rings is 4. The Bertz CT molecular complexity index is 3470. The van der Waals surface area contributed by atoms with E-state index in [2.05, 4.69) is 35.2 Å². The van der Waals surface area contributed by atoms with Gasteiger partial charge >= 0.3 is 5.97 Å². The fraction of sp³-hybridized carbons (Fsp3) is 0.200. The van der Waals surface area contributed by atoms with Crippen molar-refractivity contribution in [3.8, 4) is 11.5 Å². The number of aromatic carboxylic acids is 1. The van der Waals surface area contributed by atoms with Crippen LogP contribution in [0.25, 0.3) is 0 Å². The third-order valence-corrected chi connectivity index (χ3v) is 13.2. The van der Waals surface area contributed by atoms with Crippen molar-refractivity contribution in [1.82, 2.24) is 39.7 Å². The second-order valence-electron chi connectivity index (χ2n) is 17.9. The van der Waals surface area contributed by atoms with E-state index >= 15 is 0 Å². The number of nitrogens with two attached hydrogens (primary N) is 1. The van der Waals surface area contributed by atoms with E-state index in [1.807, 2.05) is 24.3 Å². The van der Waals surface area contributed by atoms with E-state index < -0.39 is 18.1 Å². The molecule has 0 saturated carbocycles. The van der Waals surface area contributed by atoms with Gasteiger partial charge < -0.3 is 30.1 Å². The van der Waals surface area contributed by atoms with Crippen LogP contribution in [-0.4, -0.2) is 106 Å². The minimum Gasteiger partial charge on any atom is -0.494 e. The molecule has 21 heteroatoms. The molecule has 0 unspecified atom stereocenters. The Hall–Kier alpha value is -9.46. The van der Waals surface area contributed by atoms with Gasteiger partial charge in [0.2, 0.25) is 11.9 Å². The Balaban J connectivity index is 0.000000225. The number of hydrogen-bond donors (Lipinski definition) is 3. The lowest BCUT2D eigenvalue weighted by atomic mass is 9.99. The van der Waals surface area contributed by atoms with Crippen molar-refractivity contribution in [2.75, 3.05) is 25.3 Å². The number of aromatic nitrogens is 6. The summed E-state index contributed by atoms with van der Waals surface area (Å²) in [7, 11) is 3.05. The molecule has 10 rings (SSSR count). The standard InChI is InChI=1S/C29H24ClN5O4.C24H19ClN2O4.C5H7N3O.2CH4/c1-39-23-15-32-29(33-16-23)34-27(37)19-7-5-18(6-8-19)17-35-25(14-22-4-2-3-11-31-22)26(36)13-20-12-21(30)9-10-24(20)28(35)38;25-18-8-9-20-17(11-18)12-22(28)21(13-19-3-1-2-10-26-19)27(23(20)29)14-15-4-6-16(7-5-15)24(30)31;1-9-4-2-7-5(6)8-3-4;;/h2-12,15-16,25H,13-14,17H2,1H3,(H,32,33,34,37);1-11,21H,12-14H2,(H,30,31);2-3H,1H3,(H2,6,7,8);2*1H4/t25-;21-;;;/m11.../s1. The van der Waals surface area contributed by atoms with Crippen LogP contribution in [0.4, 0.5) is 11.9 Å². The first-order chi connectivity index (χ1) is 38.2. The number of hydrogen-bond acceptors (Lipinski definition) is 15. The molecule has 2 aliphatic rings. The second-order valence-corrected chi connectivity index (χ2v) is 18.8. The third-order valence-electron chi connectivity index (χ3n) is 12.7. The smallest absolute Gasteiger partial charge is 0.335 e. The molecular formula is C60H58Cl2N10O9. The number of methoxy groups -OCH3 is 2. The van der Waals surface area contributed by atoms with Crippen LogP contribution < -0.4 is 20.5 Å². The number of carboxylic acids is 1. The first-order valence-corrected chi connectivity index (χ1v) is 25.2. The summed E-state index contributed by atoms with van der Waals surface area (Å²) < 4.78 is 9.81. The van der Waals surface area contributed by atoms with Gasteiger partial charge in [-0.3, -0.25) is 39.3 Å². The summed E-state index contributed by atoms with van der Waals surface area (Å²) in [5.74, 6) is -0.612. The first kappa shape index (κ1) is 60.8. The summed E-state index contributed by atoms with van der Waals surface area (Å²) >= 11 is 12.3. The average molecular weight is 1130 g/mol. The van der Waals surface area contributed by atoms with Crippen molar-refractivity contribution >= 4 is 70.4 Å². The van der Waals surface area contributed by atoms with E-state index in [4.69, 9.17) is 43.5 Å². The number of rotatable bonds is 13. The minimum absolute atomic E-state index is 0. The average Bonchev–Trinajstić information content (AvgIpc) is 3.74. The molecule has 6 heterocycles. The molecule has 2 aliphatic heterocycles. The van der Waals surface area contributed by atoms with E-state index in [-0.39, 0.29) is 94.0 Å². The molecule has 0 saturated heterocycles. The minimum atomic E-state index is -1.02. The van der Waals surface area contributed by atoms with E-state index in [0.29, 0.717) is 67.2 Å². The summed E-state index contributed by atoms with van der Waals surface area (Å²) in [6, 6.07) is 32.6. The van der Waals surface area contributed by atoms with Gasteiger partial charge in [0.05, 0.1) is 56.7 Å².